The molecule has 0 spiro atoms. The van der Waals surface area contributed by atoms with Gasteiger partial charge in [0, 0.05) is 0 Å². The first-order chi connectivity index (χ1) is 6.75. The van der Waals surface area contributed by atoms with Crippen LogP contribution in [0.15, 0.2) is 12.1 Å². The van der Waals surface area contributed by atoms with Crippen LogP contribution in [0.25, 0.3) is 0 Å². The molecule has 4 nitrogen and oxygen atoms in total. The molecule has 0 bridgehead atoms. The first-order valence-corrected chi connectivity index (χ1v) is 3.92. The molecule has 0 aliphatic carbocycles. The highest BCUT2D eigenvalue weighted by atomic mass is 35.5. The lowest BCUT2D eigenvalue weighted by Gasteiger charge is -2.09. The lowest BCUT2D eigenvalue weighted by atomic mass is 10.1. The molecule has 2 N–H and O–H groups in total. The standard InChI is InChI=1S/C7H4ClF3N2O2/c8-5-4(12)2-1-3(7(9,10)11)6(5)13(14)15/h1-2H,12H2. The molecule has 0 radical (unpaired) electrons. The molecule has 0 aliphatic heterocycles. The van der Waals surface area contributed by atoms with Crippen molar-refractivity contribution in [3.63, 3.8) is 0 Å². The number of anilines is 1. The van der Waals surface area contributed by atoms with Crippen molar-refractivity contribution in [1.29, 1.82) is 0 Å². The van der Waals surface area contributed by atoms with E-state index in [1.165, 1.54) is 0 Å². The van der Waals surface area contributed by atoms with Gasteiger partial charge in [-0.1, -0.05) is 11.6 Å². The summed E-state index contributed by atoms with van der Waals surface area (Å²) < 4.78 is 36.9. The number of nitrogen functional groups attached to an aromatic ring is 1. The van der Waals surface area contributed by atoms with Crippen LogP contribution in [-0.4, -0.2) is 4.92 Å². The quantitative estimate of drug-likeness (QED) is 0.466. The van der Waals surface area contributed by atoms with Crippen LogP contribution >= 0.6 is 11.6 Å². The number of halogens is 4. The average Bonchev–Trinajstić information content (AvgIpc) is 2.06. The van der Waals surface area contributed by atoms with Crippen LogP contribution in [0.3, 0.4) is 0 Å². The van der Waals surface area contributed by atoms with E-state index < -0.39 is 27.4 Å². The van der Waals surface area contributed by atoms with E-state index in [0.717, 1.165) is 6.07 Å². The average molecular weight is 241 g/mol. The number of hydrogen-bond acceptors (Lipinski definition) is 3. The Bertz CT molecular complexity index is 419. The summed E-state index contributed by atoms with van der Waals surface area (Å²) in [6.07, 6.45) is -4.83. The predicted molar refractivity (Wildman–Crippen MR) is 47.5 cm³/mol. The summed E-state index contributed by atoms with van der Waals surface area (Å²) in [4.78, 5) is 9.20. The highest BCUT2D eigenvalue weighted by Crippen LogP contribution is 2.41. The van der Waals surface area contributed by atoms with Gasteiger partial charge in [-0.2, -0.15) is 13.2 Å². The van der Waals surface area contributed by atoms with E-state index in [2.05, 4.69) is 0 Å². The van der Waals surface area contributed by atoms with Crippen LogP contribution in [0.4, 0.5) is 24.5 Å². The molecule has 0 saturated carbocycles. The van der Waals surface area contributed by atoms with Crippen LogP contribution < -0.4 is 5.73 Å². The Hall–Kier alpha value is -1.50. The van der Waals surface area contributed by atoms with E-state index in [9.17, 15) is 23.3 Å². The molecule has 0 unspecified atom stereocenters. The summed E-state index contributed by atoms with van der Waals surface area (Å²) in [6.45, 7) is 0. The second-order valence-electron chi connectivity index (χ2n) is 2.62. The minimum absolute atomic E-state index is 0.267. The Morgan fingerprint density at radius 2 is 1.93 bits per heavy atom. The summed E-state index contributed by atoms with van der Waals surface area (Å²) in [5.41, 5.74) is 2.27. The van der Waals surface area contributed by atoms with Crippen molar-refractivity contribution in [1.82, 2.24) is 0 Å². The minimum atomic E-state index is -4.83. The van der Waals surface area contributed by atoms with Gasteiger partial charge in [0.1, 0.15) is 10.6 Å². The third kappa shape index (κ3) is 2.12. The molecule has 0 aromatic heterocycles. The zero-order valence-electron chi connectivity index (χ0n) is 7.01. The highest BCUT2D eigenvalue weighted by Gasteiger charge is 2.40. The second kappa shape index (κ2) is 3.58. The normalized spacial score (nSPS) is 11.5. The molecule has 0 fully saturated rings. The highest BCUT2D eigenvalue weighted by molar-refractivity contribution is 6.35. The van der Waals surface area contributed by atoms with Gasteiger partial charge in [-0.15, -0.1) is 0 Å². The molecular weight excluding hydrogens is 237 g/mol. The molecule has 8 heteroatoms. The van der Waals surface area contributed by atoms with Gasteiger partial charge < -0.3 is 5.73 Å². The fraction of sp³-hybridized carbons (Fsp3) is 0.143. The molecule has 0 heterocycles. The summed E-state index contributed by atoms with van der Waals surface area (Å²) >= 11 is 5.33. The third-order valence-corrected chi connectivity index (χ3v) is 2.03. The maximum absolute atomic E-state index is 12.3. The van der Waals surface area contributed by atoms with Gasteiger partial charge in [0.05, 0.1) is 10.6 Å². The van der Waals surface area contributed by atoms with E-state index >= 15 is 0 Å². The van der Waals surface area contributed by atoms with Crippen LogP contribution in [0, 0.1) is 10.1 Å². The van der Waals surface area contributed by atoms with Crippen molar-refractivity contribution in [2.75, 3.05) is 5.73 Å². The van der Waals surface area contributed by atoms with Gasteiger partial charge in [-0.25, -0.2) is 0 Å². The molecule has 15 heavy (non-hydrogen) atoms. The molecule has 1 rings (SSSR count). The maximum Gasteiger partial charge on any atom is 0.423 e. The van der Waals surface area contributed by atoms with Crippen molar-refractivity contribution >= 4 is 23.0 Å². The monoisotopic (exact) mass is 240 g/mol. The fourth-order valence-corrected chi connectivity index (χ4v) is 1.22. The number of nitro groups is 1. The minimum Gasteiger partial charge on any atom is -0.397 e. The van der Waals surface area contributed by atoms with Crippen molar-refractivity contribution < 1.29 is 18.1 Å². The maximum atomic E-state index is 12.3. The Kier molecular flexibility index (Phi) is 2.76. The number of nitro benzene ring substituents is 1. The number of nitrogens with zero attached hydrogens (tertiary/aromatic N) is 1. The molecule has 1 aromatic carbocycles. The molecule has 0 atom stereocenters. The SMILES string of the molecule is Nc1ccc(C(F)(F)F)c([N+](=O)[O-])c1Cl. The molecule has 82 valence electrons. The largest absolute Gasteiger partial charge is 0.423 e. The topological polar surface area (TPSA) is 69.2 Å². The van der Waals surface area contributed by atoms with Gasteiger partial charge in [0.2, 0.25) is 0 Å². The van der Waals surface area contributed by atoms with Gasteiger partial charge in [0.15, 0.2) is 0 Å². The molecule has 0 amide bonds. The van der Waals surface area contributed by atoms with E-state index in [1.807, 2.05) is 0 Å². The smallest absolute Gasteiger partial charge is 0.397 e. The Labute approximate surface area is 86.6 Å². The first kappa shape index (κ1) is 11.6. The summed E-state index contributed by atoms with van der Waals surface area (Å²) in [5.74, 6) is 0. The number of nitrogens with two attached hydrogens (primary N) is 1. The number of alkyl halides is 3. The zero-order valence-corrected chi connectivity index (χ0v) is 7.76. The van der Waals surface area contributed by atoms with Crippen molar-refractivity contribution in [3.05, 3.63) is 32.8 Å². The lowest BCUT2D eigenvalue weighted by Crippen LogP contribution is -2.10. The van der Waals surface area contributed by atoms with Crippen LogP contribution in [0.2, 0.25) is 5.02 Å². The summed E-state index contributed by atoms with van der Waals surface area (Å²) in [6, 6.07) is 1.40. The Morgan fingerprint density at radius 1 is 1.40 bits per heavy atom. The summed E-state index contributed by atoms with van der Waals surface area (Å²) in [5, 5.41) is 9.71. The Morgan fingerprint density at radius 3 is 2.33 bits per heavy atom. The predicted octanol–water partition coefficient (Wildman–Crippen LogP) is 2.85. The first-order valence-electron chi connectivity index (χ1n) is 3.54. The fourth-order valence-electron chi connectivity index (χ4n) is 0.987. The lowest BCUT2D eigenvalue weighted by molar-refractivity contribution is -0.387. The number of hydrogen-bond donors (Lipinski definition) is 1. The second-order valence-corrected chi connectivity index (χ2v) is 3.00. The van der Waals surface area contributed by atoms with Crippen molar-refractivity contribution in [3.8, 4) is 0 Å². The van der Waals surface area contributed by atoms with Crippen LogP contribution in [0.5, 0.6) is 0 Å². The van der Waals surface area contributed by atoms with E-state index in [-0.39, 0.29) is 5.69 Å². The van der Waals surface area contributed by atoms with E-state index in [0.29, 0.717) is 6.07 Å². The summed E-state index contributed by atoms with van der Waals surface area (Å²) in [7, 11) is 0. The van der Waals surface area contributed by atoms with Gasteiger partial charge in [-0.05, 0) is 12.1 Å². The van der Waals surface area contributed by atoms with E-state index in [4.69, 9.17) is 17.3 Å². The van der Waals surface area contributed by atoms with Crippen LogP contribution in [-0.2, 0) is 6.18 Å². The van der Waals surface area contributed by atoms with Crippen molar-refractivity contribution in [2.24, 2.45) is 0 Å². The van der Waals surface area contributed by atoms with Gasteiger partial charge in [-0.3, -0.25) is 10.1 Å². The van der Waals surface area contributed by atoms with Crippen molar-refractivity contribution in [2.45, 2.75) is 6.18 Å². The van der Waals surface area contributed by atoms with Gasteiger partial charge in [0.25, 0.3) is 0 Å². The molecule has 0 saturated heterocycles. The molecular formula is C7H4ClF3N2O2. The number of rotatable bonds is 1. The van der Waals surface area contributed by atoms with Gasteiger partial charge >= 0.3 is 11.9 Å². The van der Waals surface area contributed by atoms with Crippen LogP contribution in [0.1, 0.15) is 5.56 Å². The zero-order chi connectivity index (χ0) is 11.8. The molecule has 1 aromatic rings. The van der Waals surface area contributed by atoms with E-state index in [1.54, 1.807) is 0 Å². The third-order valence-electron chi connectivity index (χ3n) is 1.63. The Balaban J connectivity index is 3.55. The number of benzene rings is 1. The molecule has 0 aliphatic rings.